The number of benzene rings is 2. The zero-order chi connectivity index (χ0) is 14.9. The second-order valence-corrected chi connectivity index (χ2v) is 5.86. The van der Waals surface area contributed by atoms with Crippen LogP contribution in [0.5, 0.6) is 5.75 Å². The summed E-state index contributed by atoms with van der Waals surface area (Å²) in [6.45, 7) is 2.36. The molecule has 2 aromatic rings. The molecule has 1 aliphatic rings. The molecular formula is C18H20FNO. The Morgan fingerprint density at radius 2 is 1.90 bits per heavy atom. The predicted molar refractivity (Wildman–Crippen MR) is 81.7 cm³/mol. The molecule has 3 heteroatoms. The zero-order valence-corrected chi connectivity index (χ0v) is 12.2. The van der Waals surface area contributed by atoms with E-state index in [1.165, 1.54) is 0 Å². The van der Waals surface area contributed by atoms with E-state index in [1.807, 2.05) is 43.3 Å². The lowest BCUT2D eigenvalue weighted by Gasteiger charge is -2.20. The maximum absolute atomic E-state index is 14.2. The van der Waals surface area contributed by atoms with Gasteiger partial charge in [-0.05, 0) is 43.0 Å². The van der Waals surface area contributed by atoms with Crippen molar-refractivity contribution in [2.45, 2.75) is 37.8 Å². The summed E-state index contributed by atoms with van der Waals surface area (Å²) >= 11 is 0. The van der Waals surface area contributed by atoms with Gasteiger partial charge in [-0.25, -0.2) is 4.39 Å². The van der Waals surface area contributed by atoms with Gasteiger partial charge in [-0.15, -0.1) is 0 Å². The molecular weight excluding hydrogens is 265 g/mol. The first-order valence-corrected chi connectivity index (χ1v) is 7.34. The molecule has 2 N–H and O–H groups in total. The van der Waals surface area contributed by atoms with Gasteiger partial charge in [0, 0.05) is 11.5 Å². The molecule has 1 unspecified atom stereocenters. The van der Waals surface area contributed by atoms with Gasteiger partial charge in [0.25, 0.3) is 0 Å². The summed E-state index contributed by atoms with van der Waals surface area (Å²) in [5, 5.41) is 0. The molecule has 0 saturated heterocycles. The largest absolute Gasteiger partial charge is 0.486 e. The summed E-state index contributed by atoms with van der Waals surface area (Å²) in [5.41, 5.74) is 8.02. The molecule has 1 aliphatic carbocycles. The maximum Gasteiger partial charge on any atom is 0.165 e. The number of halogens is 1. The highest BCUT2D eigenvalue weighted by atomic mass is 19.1. The summed E-state index contributed by atoms with van der Waals surface area (Å²) in [7, 11) is 0. The minimum Gasteiger partial charge on any atom is -0.486 e. The van der Waals surface area contributed by atoms with Crippen LogP contribution in [0.15, 0.2) is 48.5 Å². The van der Waals surface area contributed by atoms with E-state index in [2.05, 4.69) is 0 Å². The third-order valence-corrected chi connectivity index (χ3v) is 4.40. The van der Waals surface area contributed by atoms with Crippen LogP contribution in [0.3, 0.4) is 0 Å². The fraction of sp³-hybridized carbons (Fsp3) is 0.333. The molecule has 110 valence electrons. The molecule has 21 heavy (non-hydrogen) atoms. The van der Waals surface area contributed by atoms with E-state index in [1.54, 1.807) is 12.1 Å². The van der Waals surface area contributed by atoms with Gasteiger partial charge in [-0.1, -0.05) is 36.4 Å². The number of hydrogen-bond donors (Lipinski definition) is 1. The normalized spacial score (nSPS) is 17.3. The Bertz CT molecular complexity index is 620. The van der Waals surface area contributed by atoms with Crippen LogP contribution < -0.4 is 10.5 Å². The van der Waals surface area contributed by atoms with Crippen LogP contribution in [-0.2, 0) is 12.0 Å². The molecule has 3 rings (SSSR count). The van der Waals surface area contributed by atoms with Crippen molar-refractivity contribution in [2.75, 3.05) is 0 Å². The summed E-state index contributed by atoms with van der Waals surface area (Å²) in [6.07, 6.45) is 2.07. The van der Waals surface area contributed by atoms with Gasteiger partial charge < -0.3 is 10.5 Å². The predicted octanol–water partition coefficient (Wildman–Crippen LogP) is 3.78. The fourth-order valence-electron chi connectivity index (χ4n) is 2.80. The van der Waals surface area contributed by atoms with Crippen molar-refractivity contribution < 1.29 is 9.13 Å². The van der Waals surface area contributed by atoms with E-state index in [-0.39, 0.29) is 17.3 Å². The minimum absolute atomic E-state index is 0.0290. The fourth-order valence-corrected chi connectivity index (χ4v) is 2.80. The standard InChI is InChI=1S/C18H20FNO/c1-13(20)18(9-10-18)15-7-8-17(16(19)11-15)21-12-14-5-3-2-4-6-14/h2-8,11,13H,9-10,12,20H2,1H3. The molecule has 1 saturated carbocycles. The van der Waals surface area contributed by atoms with Crippen LogP contribution in [-0.4, -0.2) is 6.04 Å². The van der Waals surface area contributed by atoms with Crippen LogP contribution in [0.2, 0.25) is 0 Å². The van der Waals surface area contributed by atoms with Gasteiger partial charge in [0.05, 0.1) is 0 Å². The SMILES string of the molecule is CC(N)C1(c2ccc(OCc3ccccc3)c(F)c2)CC1. The molecule has 0 spiro atoms. The number of rotatable bonds is 5. The first kappa shape index (κ1) is 14.1. The number of hydrogen-bond acceptors (Lipinski definition) is 2. The van der Waals surface area contributed by atoms with Crippen molar-refractivity contribution in [3.05, 3.63) is 65.5 Å². The first-order valence-electron chi connectivity index (χ1n) is 7.34. The zero-order valence-electron chi connectivity index (χ0n) is 12.2. The second kappa shape index (κ2) is 5.49. The monoisotopic (exact) mass is 285 g/mol. The quantitative estimate of drug-likeness (QED) is 0.907. The highest BCUT2D eigenvalue weighted by molar-refractivity contribution is 5.38. The van der Waals surface area contributed by atoms with Crippen molar-refractivity contribution in [1.82, 2.24) is 0 Å². The lowest BCUT2D eigenvalue weighted by molar-refractivity contribution is 0.290. The van der Waals surface area contributed by atoms with Gasteiger partial charge in [0.2, 0.25) is 0 Å². The molecule has 0 aliphatic heterocycles. The summed E-state index contributed by atoms with van der Waals surface area (Å²) in [6, 6.07) is 15.0. The number of nitrogens with two attached hydrogens (primary N) is 1. The Balaban J connectivity index is 1.73. The van der Waals surface area contributed by atoms with E-state index >= 15 is 0 Å². The number of ether oxygens (including phenoxy) is 1. The van der Waals surface area contributed by atoms with Crippen LogP contribution in [0.4, 0.5) is 4.39 Å². The highest BCUT2D eigenvalue weighted by Crippen LogP contribution is 2.50. The molecule has 0 bridgehead atoms. The van der Waals surface area contributed by atoms with E-state index in [4.69, 9.17) is 10.5 Å². The molecule has 0 aromatic heterocycles. The van der Waals surface area contributed by atoms with Gasteiger partial charge in [0.1, 0.15) is 6.61 Å². The van der Waals surface area contributed by atoms with Crippen molar-refractivity contribution in [3.63, 3.8) is 0 Å². The summed E-state index contributed by atoms with van der Waals surface area (Å²) in [5.74, 6) is -0.0153. The van der Waals surface area contributed by atoms with Crippen LogP contribution in [0.1, 0.15) is 30.9 Å². The van der Waals surface area contributed by atoms with Gasteiger partial charge in [0.15, 0.2) is 11.6 Å². The van der Waals surface area contributed by atoms with Gasteiger partial charge in [-0.3, -0.25) is 0 Å². The molecule has 2 nitrogen and oxygen atoms in total. The molecule has 1 atom stereocenters. The summed E-state index contributed by atoms with van der Waals surface area (Å²) < 4.78 is 19.8. The minimum atomic E-state index is -0.310. The van der Waals surface area contributed by atoms with E-state index in [0.717, 1.165) is 24.0 Å². The van der Waals surface area contributed by atoms with Crippen LogP contribution >= 0.6 is 0 Å². The average molecular weight is 285 g/mol. The summed E-state index contributed by atoms with van der Waals surface area (Å²) in [4.78, 5) is 0. The van der Waals surface area contributed by atoms with Crippen molar-refractivity contribution in [2.24, 2.45) is 5.73 Å². The Hall–Kier alpha value is -1.87. The Morgan fingerprint density at radius 3 is 2.48 bits per heavy atom. The van der Waals surface area contributed by atoms with Gasteiger partial charge in [-0.2, -0.15) is 0 Å². The molecule has 0 heterocycles. The lowest BCUT2D eigenvalue weighted by Crippen LogP contribution is -2.31. The highest BCUT2D eigenvalue weighted by Gasteiger charge is 2.47. The van der Waals surface area contributed by atoms with E-state index < -0.39 is 0 Å². The maximum atomic E-state index is 14.2. The topological polar surface area (TPSA) is 35.2 Å². The van der Waals surface area contributed by atoms with Crippen molar-refractivity contribution in [3.8, 4) is 5.75 Å². The molecule has 2 aromatic carbocycles. The average Bonchev–Trinajstić information content (AvgIpc) is 3.29. The Kier molecular flexibility index (Phi) is 3.68. The second-order valence-electron chi connectivity index (χ2n) is 5.86. The van der Waals surface area contributed by atoms with Crippen molar-refractivity contribution >= 4 is 0 Å². The Labute approximate surface area is 124 Å². The first-order chi connectivity index (χ1) is 10.1. The smallest absolute Gasteiger partial charge is 0.165 e. The third-order valence-electron chi connectivity index (χ3n) is 4.40. The van der Waals surface area contributed by atoms with Gasteiger partial charge >= 0.3 is 0 Å². The third kappa shape index (κ3) is 2.79. The van der Waals surface area contributed by atoms with E-state index in [0.29, 0.717) is 12.4 Å². The molecule has 0 radical (unpaired) electrons. The molecule has 0 amide bonds. The van der Waals surface area contributed by atoms with E-state index in [9.17, 15) is 4.39 Å². The van der Waals surface area contributed by atoms with Crippen LogP contribution in [0, 0.1) is 5.82 Å². The molecule has 1 fully saturated rings. The van der Waals surface area contributed by atoms with Crippen LogP contribution in [0.25, 0.3) is 0 Å². The lowest BCUT2D eigenvalue weighted by atomic mass is 9.89. The van der Waals surface area contributed by atoms with Crippen molar-refractivity contribution in [1.29, 1.82) is 0 Å². The Morgan fingerprint density at radius 1 is 1.19 bits per heavy atom.